The number of carbonyl (C=O) groups excluding carboxylic acids is 2. The highest BCUT2D eigenvalue weighted by atomic mass is 79.9. The molecule has 3 aromatic rings. The SMILES string of the molecule is COC(=O)[C@@](C)(c1ccc(Br)cc1)N(C(=O)OCc1ccccc1)[C@@H](CO)c1ccccc1. The van der Waals surface area contributed by atoms with Crippen molar-refractivity contribution in [2.75, 3.05) is 13.7 Å². The first-order valence-corrected chi connectivity index (χ1v) is 11.2. The molecule has 6 nitrogen and oxygen atoms in total. The summed E-state index contributed by atoms with van der Waals surface area (Å²) in [4.78, 5) is 28.1. The minimum absolute atomic E-state index is 0.0146. The summed E-state index contributed by atoms with van der Waals surface area (Å²) in [5.41, 5.74) is 0.397. The Kier molecular flexibility index (Phi) is 8.25. The Morgan fingerprint density at radius 3 is 2.09 bits per heavy atom. The molecule has 0 radical (unpaired) electrons. The fourth-order valence-electron chi connectivity index (χ4n) is 3.75. The fraction of sp³-hybridized carbons (Fsp3) is 0.231. The van der Waals surface area contributed by atoms with E-state index < -0.39 is 30.3 Å². The van der Waals surface area contributed by atoms with Gasteiger partial charge in [0.2, 0.25) is 0 Å². The van der Waals surface area contributed by atoms with E-state index in [4.69, 9.17) is 9.47 Å². The van der Waals surface area contributed by atoms with Crippen molar-refractivity contribution in [2.45, 2.75) is 25.1 Å². The molecular weight excluding hydrogens is 486 g/mol. The summed E-state index contributed by atoms with van der Waals surface area (Å²) < 4.78 is 11.6. The normalized spacial score (nSPS) is 13.5. The van der Waals surface area contributed by atoms with Gasteiger partial charge in [0.25, 0.3) is 0 Å². The molecule has 0 heterocycles. The quantitative estimate of drug-likeness (QED) is 0.420. The Morgan fingerprint density at radius 1 is 0.970 bits per heavy atom. The summed E-state index contributed by atoms with van der Waals surface area (Å²) in [5.74, 6) is -0.657. The number of ether oxygens (including phenoxy) is 2. The van der Waals surface area contributed by atoms with Crippen molar-refractivity contribution in [2.24, 2.45) is 0 Å². The van der Waals surface area contributed by atoms with Crippen LogP contribution in [0.15, 0.2) is 89.4 Å². The number of hydrogen-bond donors (Lipinski definition) is 1. The van der Waals surface area contributed by atoms with Gasteiger partial charge in [0.05, 0.1) is 19.8 Å². The first-order chi connectivity index (χ1) is 15.9. The van der Waals surface area contributed by atoms with Gasteiger partial charge in [-0.25, -0.2) is 9.59 Å². The molecule has 1 amide bonds. The van der Waals surface area contributed by atoms with Crippen LogP contribution in [0.1, 0.15) is 29.7 Å². The number of aliphatic hydroxyl groups is 1. The van der Waals surface area contributed by atoms with Crippen LogP contribution in [-0.4, -0.2) is 35.8 Å². The Hall–Kier alpha value is -3.16. The number of rotatable bonds is 8. The van der Waals surface area contributed by atoms with Gasteiger partial charge in [-0.2, -0.15) is 0 Å². The standard InChI is InChI=1S/C26H26BrNO5/c1-26(24(30)32-2,21-13-15-22(27)16-14-21)28(23(17-29)20-11-7-4-8-12-20)25(31)33-18-19-9-5-3-6-10-19/h3-16,23,29H,17-18H2,1-2H3/t23-,26+/m0/s1. The summed E-state index contributed by atoms with van der Waals surface area (Å²) in [6.45, 7) is 1.19. The molecule has 2 atom stereocenters. The van der Waals surface area contributed by atoms with Crippen molar-refractivity contribution < 1.29 is 24.2 Å². The van der Waals surface area contributed by atoms with Crippen LogP contribution < -0.4 is 0 Å². The predicted molar refractivity (Wildman–Crippen MR) is 128 cm³/mol. The van der Waals surface area contributed by atoms with Gasteiger partial charge >= 0.3 is 12.1 Å². The Labute approximate surface area is 201 Å². The Bertz CT molecular complexity index is 1060. The lowest BCUT2D eigenvalue weighted by molar-refractivity contribution is -0.156. The van der Waals surface area contributed by atoms with Crippen molar-refractivity contribution in [3.05, 3.63) is 106 Å². The van der Waals surface area contributed by atoms with Gasteiger partial charge in [-0.05, 0) is 35.7 Å². The maximum absolute atomic E-state index is 13.6. The molecule has 0 saturated carbocycles. The second-order valence-corrected chi connectivity index (χ2v) is 8.51. The molecule has 0 unspecified atom stereocenters. The highest BCUT2D eigenvalue weighted by Crippen LogP contribution is 2.38. The highest BCUT2D eigenvalue weighted by molar-refractivity contribution is 9.10. The Morgan fingerprint density at radius 2 is 1.55 bits per heavy atom. The number of nitrogens with zero attached hydrogens (tertiary/aromatic N) is 1. The lowest BCUT2D eigenvalue weighted by Gasteiger charge is -2.42. The van der Waals surface area contributed by atoms with Crippen molar-refractivity contribution in [1.82, 2.24) is 4.90 Å². The molecule has 1 N–H and O–H groups in total. The second-order valence-electron chi connectivity index (χ2n) is 7.59. The van der Waals surface area contributed by atoms with E-state index in [0.717, 1.165) is 10.0 Å². The van der Waals surface area contributed by atoms with E-state index in [9.17, 15) is 14.7 Å². The molecule has 0 aliphatic heterocycles. The number of carbonyl (C=O) groups is 2. The smallest absolute Gasteiger partial charge is 0.411 e. The zero-order valence-electron chi connectivity index (χ0n) is 18.5. The minimum atomic E-state index is -1.58. The lowest BCUT2D eigenvalue weighted by atomic mass is 9.87. The van der Waals surface area contributed by atoms with E-state index >= 15 is 0 Å². The van der Waals surface area contributed by atoms with Crippen LogP contribution in [0.2, 0.25) is 0 Å². The van der Waals surface area contributed by atoms with E-state index in [-0.39, 0.29) is 6.61 Å². The van der Waals surface area contributed by atoms with Gasteiger partial charge in [0, 0.05) is 4.47 Å². The zero-order chi connectivity index (χ0) is 23.8. The van der Waals surface area contributed by atoms with Gasteiger partial charge in [-0.3, -0.25) is 4.90 Å². The first kappa shape index (κ1) is 24.5. The molecule has 0 spiro atoms. The number of amides is 1. The third-order valence-corrected chi connectivity index (χ3v) is 6.07. The third-order valence-electron chi connectivity index (χ3n) is 5.54. The second kappa shape index (κ2) is 11.1. The molecule has 172 valence electrons. The number of hydrogen-bond acceptors (Lipinski definition) is 5. The van der Waals surface area contributed by atoms with Crippen LogP contribution in [0.4, 0.5) is 4.79 Å². The number of esters is 1. The molecule has 33 heavy (non-hydrogen) atoms. The molecular formula is C26H26BrNO5. The van der Waals surface area contributed by atoms with Crippen LogP contribution in [-0.2, 0) is 26.4 Å². The molecule has 7 heteroatoms. The van der Waals surface area contributed by atoms with Crippen molar-refractivity contribution >= 4 is 28.0 Å². The molecule has 3 rings (SSSR count). The summed E-state index contributed by atoms with van der Waals surface area (Å²) in [6, 6.07) is 24.4. The molecule has 3 aromatic carbocycles. The van der Waals surface area contributed by atoms with Crippen LogP contribution in [0.3, 0.4) is 0 Å². The third kappa shape index (κ3) is 5.43. The monoisotopic (exact) mass is 511 g/mol. The predicted octanol–water partition coefficient (Wildman–Crippen LogP) is 5.21. The van der Waals surface area contributed by atoms with E-state index in [2.05, 4.69) is 15.9 Å². The number of halogens is 1. The number of methoxy groups -OCH3 is 1. The molecule has 0 aliphatic carbocycles. The zero-order valence-corrected chi connectivity index (χ0v) is 20.1. The average molecular weight is 512 g/mol. The molecule has 0 aliphatic rings. The Balaban J connectivity index is 2.10. The first-order valence-electron chi connectivity index (χ1n) is 10.4. The van der Waals surface area contributed by atoms with Gasteiger partial charge in [-0.15, -0.1) is 0 Å². The van der Waals surface area contributed by atoms with Gasteiger partial charge in [-0.1, -0.05) is 88.7 Å². The summed E-state index contributed by atoms with van der Waals surface area (Å²) in [6.07, 6.45) is -0.752. The van der Waals surface area contributed by atoms with E-state index in [0.29, 0.717) is 11.1 Å². The van der Waals surface area contributed by atoms with E-state index in [1.807, 2.05) is 36.4 Å². The number of aliphatic hydroxyl groups excluding tert-OH is 1. The number of benzene rings is 3. The topological polar surface area (TPSA) is 76.1 Å². The maximum Gasteiger partial charge on any atom is 0.411 e. The van der Waals surface area contributed by atoms with Crippen LogP contribution in [0.25, 0.3) is 0 Å². The van der Waals surface area contributed by atoms with Gasteiger partial charge in [0.15, 0.2) is 5.54 Å². The summed E-state index contributed by atoms with van der Waals surface area (Å²) in [7, 11) is 1.27. The van der Waals surface area contributed by atoms with Gasteiger partial charge in [0.1, 0.15) is 6.61 Å². The van der Waals surface area contributed by atoms with Crippen LogP contribution in [0, 0.1) is 0 Å². The summed E-state index contributed by atoms with van der Waals surface area (Å²) >= 11 is 3.40. The molecule has 0 saturated heterocycles. The molecule has 0 aromatic heterocycles. The van der Waals surface area contributed by atoms with Crippen LogP contribution in [0.5, 0.6) is 0 Å². The molecule has 0 bridgehead atoms. The average Bonchev–Trinajstić information content (AvgIpc) is 2.86. The van der Waals surface area contributed by atoms with E-state index in [1.165, 1.54) is 12.0 Å². The summed E-state index contributed by atoms with van der Waals surface area (Å²) in [5, 5.41) is 10.4. The highest BCUT2D eigenvalue weighted by Gasteiger charge is 2.49. The van der Waals surface area contributed by atoms with Gasteiger partial charge < -0.3 is 14.6 Å². The van der Waals surface area contributed by atoms with Crippen molar-refractivity contribution in [1.29, 1.82) is 0 Å². The largest absolute Gasteiger partial charge is 0.467 e. The lowest BCUT2D eigenvalue weighted by Crippen LogP contribution is -2.55. The van der Waals surface area contributed by atoms with Crippen molar-refractivity contribution in [3.63, 3.8) is 0 Å². The van der Waals surface area contributed by atoms with E-state index in [1.54, 1.807) is 55.5 Å². The molecule has 0 fully saturated rings. The van der Waals surface area contributed by atoms with Crippen LogP contribution >= 0.6 is 15.9 Å². The maximum atomic E-state index is 13.6. The van der Waals surface area contributed by atoms with Crippen molar-refractivity contribution in [3.8, 4) is 0 Å². The minimum Gasteiger partial charge on any atom is -0.467 e. The fourth-order valence-corrected chi connectivity index (χ4v) is 4.01.